The summed E-state index contributed by atoms with van der Waals surface area (Å²) >= 11 is 0. The molecule has 0 N–H and O–H groups in total. The fraction of sp³-hybridized carbons (Fsp3) is 1.00. The quantitative estimate of drug-likeness (QED) is 0.483. The van der Waals surface area contributed by atoms with Crippen LogP contribution in [0.3, 0.4) is 0 Å². The first kappa shape index (κ1) is 10.4. The number of rotatable bonds is 6. The van der Waals surface area contributed by atoms with E-state index in [-0.39, 0.29) is 0 Å². The Labute approximate surface area is 85.7 Å². The van der Waals surface area contributed by atoms with E-state index in [1.807, 2.05) is 0 Å². The zero-order valence-corrected chi connectivity index (χ0v) is 8.74. The third kappa shape index (κ3) is 3.95. The Morgan fingerprint density at radius 3 is 2.57 bits per heavy atom. The molecule has 1 saturated carbocycles. The van der Waals surface area contributed by atoms with Gasteiger partial charge in [0.15, 0.2) is 0 Å². The third-order valence-corrected chi connectivity index (χ3v) is 2.84. The molecule has 0 amide bonds. The summed E-state index contributed by atoms with van der Waals surface area (Å²) in [7, 11) is 0. The molecule has 0 spiro atoms. The van der Waals surface area contributed by atoms with Gasteiger partial charge in [-0.05, 0) is 12.8 Å². The Balaban J connectivity index is 1.41. The van der Waals surface area contributed by atoms with Crippen molar-refractivity contribution < 1.29 is 14.2 Å². The topological polar surface area (TPSA) is 31.0 Å². The molecule has 1 aliphatic heterocycles. The van der Waals surface area contributed by atoms with Crippen LogP contribution in [0.4, 0.5) is 0 Å². The maximum atomic E-state index is 5.72. The largest absolute Gasteiger partial charge is 0.376 e. The van der Waals surface area contributed by atoms with Crippen LogP contribution in [0.15, 0.2) is 0 Å². The Hall–Kier alpha value is -0.120. The molecule has 3 heteroatoms. The molecule has 3 nitrogen and oxygen atoms in total. The second kappa shape index (κ2) is 5.69. The van der Waals surface area contributed by atoms with Crippen LogP contribution in [0.2, 0.25) is 0 Å². The van der Waals surface area contributed by atoms with Gasteiger partial charge >= 0.3 is 0 Å². The van der Waals surface area contributed by atoms with Gasteiger partial charge in [0.25, 0.3) is 0 Å². The lowest BCUT2D eigenvalue weighted by Gasteiger charge is -2.21. The lowest BCUT2D eigenvalue weighted by molar-refractivity contribution is -0.0122. The van der Waals surface area contributed by atoms with Crippen molar-refractivity contribution in [3.8, 4) is 0 Å². The number of epoxide rings is 1. The van der Waals surface area contributed by atoms with Gasteiger partial charge in [-0.3, -0.25) is 0 Å². The molecule has 1 atom stereocenters. The van der Waals surface area contributed by atoms with Gasteiger partial charge in [0.05, 0.1) is 32.5 Å². The molecule has 0 aromatic rings. The van der Waals surface area contributed by atoms with E-state index in [1.165, 1.54) is 32.1 Å². The molecular formula is C11H20O3. The molecule has 1 unspecified atom stereocenters. The highest BCUT2D eigenvalue weighted by molar-refractivity contribution is 4.67. The van der Waals surface area contributed by atoms with Gasteiger partial charge in [0.2, 0.25) is 0 Å². The van der Waals surface area contributed by atoms with Crippen LogP contribution >= 0.6 is 0 Å². The molecule has 82 valence electrons. The van der Waals surface area contributed by atoms with Crippen LogP contribution in [0.25, 0.3) is 0 Å². The van der Waals surface area contributed by atoms with Crippen molar-refractivity contribution in [2.75, 3.05) is 26.4 Å². The zero-order chi connectivity index (χ0) is 9.64. The van der Waals surface area contributed by atoms with E-state index >= 15 is 0 Å². The van der Waals surface area contributed by atoms with Crippen LogP contribution < -0.4 is 0 Å². The zero-order valence-electron chi connectivity index (χ0n) is 8.74. The van der Waals surface area contributed by atoms with Gasteiger partial charge in [0, 0.05) is 0 Å². The number of hydrogen-bond donors (Lipinski definition) is 0. The number of hydrogen-bond acceptors (Lipinski definition) is 3. The highest BCUT2D eigenvalue weighted by Gasteiger charge is 2.22. The van der Waals surface area contributed by atoms with E-state index in [9.17, 15) is 0 Å². The molecule has 0 bridgehead atoms. The van der Waals surface area contributed by atoms with E-state index < -0.39 is 0 Å². The van der Waals surface area contributed by atoms with Crippen LogP contribution in [0.1, 0.15) is 32.1 Å². The van der Waals surface area contributed by atoms with Crippen molar-refractivity contribution in [3.05, 3.63) is 0 Å². The van der Waals surface area contributed by atoms with Gasteiger partial charge in [-0.15, -0.1) is 0 Å². The fourth-order valence-corrected chi connectivity index (χ4v) is 1.88. The first-order chi connectivity index (χ1) is 6.95. The first-order valence-electron chi connectivity index (χ1n) is 5.76. The van der Waals surface area contributed by atoms with Crippen LogP contribution in [-0.2, 0) is 14.2 Å². The van der Waals surface area contributed by atoms with Crippen LogP contribution in [0, 0.1) is 0 Å². The molecular weight excluding hydrogens is 180 g/mol. The summed E-state index contributed by atoms with van der Waals surface area (Å²) in [4.78, 5) is 0. The minimum Gasteiger partial charge on any atom is -0.376 e. The summed E-state index contributed by atoms with van der Waals surface area (Å²) in [5.41, 5.74) is 0. The van der Waals surface area contributed by atoms with Crippen molar-refractivity contribution in [1.82, 2.24) is 0 Å². The minimum absolute atomic E-state index is 0.379. The van der Waals surface area contributed by atoms with Crippen molar-refractivity contribution in [1.29, 1.82) is 0 Å². The monoisotopic (exact) mass is 200 g/mol. The molecule has 0 aromatic carbocycles. The maximum Gasteiger partial charge on any atom is 0.104 e. The van der Waals surface area contributed by atoms with Gasteiger partial charge in [-0.25, -0.2) is 0 Å². The summed E-state index contributed by atoms with van der Waals surface area (Å²) in [6.07, 6.45) is 7.42. The average Bonchev–Trinajstić information content (AvgIpc) is 3.03. The van der Waals surface area contributed by atoms with Gasteiger partial charge < -0.3 is 14.2 Å². The smallest absolute Gasteiger partial charge is 0.104 e. The van der Waals surface area contributed by atoms with E-state index in [4.69, 9.17) is 14.2 Å². The van der Waals surface area contributed by atoms with Gasteiger partial charge in [-0.2, -0.15) is 0 Å². The van der Waals surface area contributed by atoms with Gasteiger partial charge in [-0.1, -0.05) is 19.3 Å². The molecule has 1 aliphatic carbocycles. The van der Waals surface area contributed by atoms with Crippen molar-refractivity contribution >= 4 is 0 Å². The van der Waals surface area contributed by atoms with Crippen molar-refractivity contribution in [2.45, 2.75) is 44.3 Å². The average molecular weight is 200 g/mol. The molecule has 0 aromatic heterocycles. The van der Waals surface area contributed by atoms with E-state index in [1.54, 1.807) is 0 Å². The molecule has 14 heavy (non-hydrogen) atoms. The summed E-state index contributed by atoms with van der Waals surface area (Å²) in [6.45, 7) is 3.09. The Morgan fingerprint density at radius 2 is 1.86 bits per heavy atom. The molecule has 2 aliphatic rings. The standard InChI is InChI=1S/C11H20O3/c1-2-4-10(5-3-1)13-7-6-12-8-11-9-14-11/h10-11H,1-9H2. The Morgan fingerprint density at radius 1 is 1.07 bits per heavy atom. The van der Waals surface area contributed by atoms with E-state index in [2.05, 4.69) is 0 Å². The molecule has 1 heterocycles. The molecule has 2 fully saturated rings. The normalized spacial score (nSPS) is 27.9. The molecule has 0 radical (unpaired) electrons. The number of ether oxygens (including phenoxy) is 3. The van der Waals surface area contributed by atoms with Crippen LogP contribution in [-0.4, -0.2) is 38.6 Å². The summed E-state index contributed by atoms with van der Waals surface area (Å²) in [5.74, 6) is 0. The first-order valence-corrected chi connectivity index (χ1v) is 5.76. The second-order valence-electron chi connectivity index (χ2n) is 4.16. The summed E-state index contributed by atoms with van der Waals surface area (Å²) in [5, 5.41) is 0. The predicted octanol–water partition coefficient (Wildman–Crippen LogP) is 1.75. The third-order valence-electron chi connectivity index (χ3n) is 2.84. The molecule has 1 saturated heterocycles. The van der Waals surface area contributed by atoms with Crippen LogP contribution in [0.5, 0.6) is 0 Å². The molecule has 2 rings (SSSR count). The second-order valence-corrected chi connectivity index (χ2v) is 4.16. The van der Waals surface area contributed by atoms with E-state index in [0.717, 1.165) is 26.4 Å². The minimum atomic E-state index is 0.379. The van der Waals surface area contributed by atoms with Crippen molar-refractivity contribution in [3.63, 3.8) is 0 Å². The predicted molar refractivity (Wildman–Crippen MR) is 53.4 cm³/mol. The SMILES string of the molecule is C1CCC(OCCOCC2CO2)CC1. The highest BCUT2D eigenvalue weighted by atomic mass is 16.6. The highest BCUT2D eigenvalue weighted by Crippen LogP contribution is 2.20. The van der Waals surface area contributed by atoms with Crippen molar-refractivity contribution in [2.24, 2.45) is 0 Å². The Kier molecular flexibility index (Phi) is 4.22. The lowest BCUT2D eigenvalue weighted by Crippen LogP contribution is -2.19. The summed E-state index contributed by atoms with van der Waals surface area (Å²) in [6, 6.07) is 0. The maximum absolute atomic E-state index is 5.72. The van der Waals surface area contributed by atoms with Gasteiger partial charge in [0.1, 0.15) is 6.10 Å². The fourth-order valence-electron chi connectivity index (χ4n) is 1.88. The lowest BCUT2D eigenvalue weighted by atomic mass is 9.98. The Bertz CT molecular complexity index is 151. The van der Waals surface area contributed by atoms with E-state index in [0.29, 0.717) is 12.2 Å². The summed E-state index contributed by atoms with van der Waals surface area (Å²) < 4.78 is 16.2.